The SMILES string of the molecule is FC1(F)CCC(c2ccccc2Br)NC1. The van der Waals surface area contributed by atoms with Crippen LogP contribution in [-0.4, -0.2) is 12.5 Å². The maximum absolute atomic E-state index is 12.9. The number of hydrogen-bond donors (Lipinski definition) is 1. The lowest BCUT2D eigenvalue weighted by atomic mass is 9.96. The summed E-state index contributed by atoms with van der Waals surface area (Å²) >= 11 is 3.43. The van der Waals surface area contributed by atoms with E-state index in [2.05, 4.69) is 21.2 Å². The van der Waals surface area contributed by atoms with Gasteiger partial charge in [-0.25, -0.2) is 8.78 Å². The minimum absolute atomic E-state index is 0.0357. The Balaban J connectivity index is 2.11. The van der Waals surface area contributed by atoms with Gasteiger partial charge in [-0.15, -0.1) is 0 Å². The van der Waals surface area contributed by atoms with Gasteiger partial charge in [-0.2, -0.15) is 0 Å². The fourth-order valence-corrected chi connectivity index (χ4v) is 2.40. The van der Waals surface area contributed by atoms with Crippen LogP contribution in [0.5, 0.6) is 0 Å². The zero-order valence-corrected chi connectivity index (χ0v) is 9.73. The highest BCUT2D eigenvalue weighted by Crippen LogP contribution is 2.34. The molecule has 1 unspecified atom stereocenters. The molecule has 0 bridgehead atoms. The van der Waals surface area contributed by atoms with Gasteiger partial charge in [0.05, 0.1) is 6.54 Å². The van der Waals surface area contributed by atoms with E-state index in [4.69, 9.17) is 0 Å². The van der Waals surface area contributed by atoms with Crippen molar-refractivity contribution >= 4 is 15.9 Å². The Hall–Kier alpha value is -0.480. The van der Waals surface area contributed by atoms with Crippen molar-refractivity contribution in [3.63, 3.8) is 0 Å². The van der Waals surface area contributed by atoms with Gasteiger partial charge in [0.2, 0.25) is 0 Å². The predicted octanol–water partition coefficient (Wildman–Crippen LogP) is 3.51. The molecule has 2 rings (SSSR count). The molecule has 1 aliphatic heterocycles. The van der Waals surface area contributed by atoms with E-state index < -0.39 is 5.92 Å². The summed E-state index contributed by atoms with van der Waals surface area (Å²) in [6, 6.07) is 7.79. The molecule has 0 aliphatic carbocycles. The maximum Gasteiger partial charge on any atom is 0.260 e. The first kappa shape index (κ1) is 11.0. The van der Waals surface area contributed by atoms with Gasteiger partial charge in [0, 0.05) is 16.9 Å². The zero-order chi connectivity index (χ0) is 10.9. The number of halogens is 3. The summed E-state index contributed by atoms with van der Waals surface area (Å²) in [7, 11) is 0. The molecule has 1 N–H and O–H groups in total. The van der Waals surface area contributed by atoms with Crippen LogP contribution < -0.4 is 5.32 Å². The summed E-state index contributed by atoms with van der Waals surface area (Å²) in [4.78, 5) is 0. The molecule has 1 saturated heterocycles. The van der Waals surface area contributed by atoms with Crippen molar-refractivity contribution in [1.29, 1.82) is 0 Å². The lowest BCUT2D eigenvalue weighted by molar-refractivity contribution is -0.0303. The molecule has 1 nitrogen and oxygen atoms in total. The van der Waals surface area contributed by atoms with Crippen molar-refractivity contribution in [2.24, 2.45) is 0 Å². The van der Waals surface area contributed by atoms with Gasteiger partial charge in [-0.1, -0.05) is 34.1 Å². The van der Waals surface area contributed by atoms with Crippen molar-refractivity contribution in [2.75, 3.05) is 6.54 Å². The lowest BCUT2D eigenvalue weighted by Crippen LogP contribution is -2.40. The van der Waals surface area contributed by atoms with E-state index >= 15 is 0 Å². The molecule has 1 atom stereocenters. The van der Waals surface area contributed by atoms with Crippen molar-refractivity contribution in [3.05, 3.63) is 34.3 Å². The molecular weight excluding hydrogens is 264 g/mol. The number of benzene rings is 1. The fourth-order valence-electron chi connectivity index (χ4n) is 1.84. The van der Waals surface area contributed by atoms with E-state index in [9.17, 15) is 8.78 Å². The number of piperidine rings is 1. The van der Waals surface area contributed by atoms with E-state index in [0.29, 0.717) is 6.42 Å². The Morgan fingerprint density at radius 3 is 2.67 bits per heavy atom. The molecule has 1 aromatic carbocycles. The van der Waals surface area contributed by atoms with Crippen molar-refractivity contribution in [3.8, 4) is 0 Å². The van der Waals surface area contributed by atoms with Crippen LogP contribution in [0.2, 0.25) is 0 Å². The van der Waals surface area contributed by atoms with Crippen LogP contribution in [-0.2, 0) is 0 Å². The average Bonchev–Trinajstić information content (AvgIpc) is 2.19. The van der Waals surface area contributed by atoms with Crippen LogP contribution in [0.25, 0.3) is 0 Å². The third-order valence-corrected chi connectivity index (χ3v) is 3.41. The molecule has 1 aliphatic rings. The molecule has 1 aromatic rings. The summed E-state index contributed by atoms with van der Waals surface area (Å²) < 4.78 is 26.8. The Bertz CT molecular complexity index is 344. The van der Waals surface area contributed by atoms with Crippen LogP contribution in [0.15, 0.2) is 28.7 Å². The second kappa shape index (κ2) is 4.18. The molecule has 0 amide bonds. The highest BCUT2D eigenvalue weighted by Gasteiger charge is 2.35. The normalized spacial score (nSPS) is 25.1. The largest absolute Gasteiger partial charge is 0.304 e. The van der Waals surface area contributed by atoms with Crippen LogP contribution in [0.1, 0.15) is 24.4 Å². The van der Waals surface area contributed by atoms with E-state index in [1.54, 1.807) is 0 Å². The molecule has 15 heavy (non-hydrogen) atoms. The first-order valence-electron chi connectivity index (χ1n) is 4.94. The number of nitrogens with one attached hydrogen (secondary N) is 1. The minimum Gasteiger partial charge on any atom is -0.304 e. The second-order valence-electron chi connectivity index (χ2n) is 3.85. The van der Waals surface area contributed by atoms with Gasteiger partial charge in [-0.05, 0) is 18.1 Å². The van der Waals surface area contributed by atoms with Gasteiger partial charge in [0.25, 0.3) is 5.92 Å². The summed E-state index contributed by atoms with van der Waals surface area (Å²) in [5, 5.41) is 2.89. The lowest BCUT2D eigenvalue weighted by Gasteiger charge is -2.30. The minimum atomic E-state index is -2.54. The molecule has 4 heteroatoms. The van der Waals surface area contributed by atoms with Crippen LogP contribution in [0.4, 0.5) is 8.78 Å². The van der Waals surface area contributed by atoms with E-state index in [1.165, 1.54) is 0 Å². The van der Waals surface area contributed by atoms with E-state index in [0.717, 1.165) is 10.0 Å². The Morgan fingerprint density at radius 1 is 1.33 bits per heavy atom. The number of alkyl halides is 2. The van der Waals surface area contributed by atoms with Gasteiger partial charge in [0.15, 0.2) is 0 Å². The summed E-state index contributed by atoms with van der Waals surface area (Å²) in [5.74, 6) is -2.54. The van der Waals surface area contributed by atoms with Crippen molar-refractivity contribution in [2.45, 2.75) is 24.8 Å². The quantitative estimate of drug-likeness (QED) is 0.827. The van der Waals surface area contributed by atoms with Crippen LogP contribution in [0.3, 0.4) is 0 Å². The average molecular weight is 276 g/mol. The molecular formula is C11H12BrF2N. The molecule has 1 heterocycles. The standard InChI is InChI=1S/C11H12BrF2N/c12-9-4-2-1-3-8(9)10-5-6-11(13,14)7-15-10/h1-4,10,15H,5-7H2. The number of hydrogen-bond acceptors (Lipinski definition) is 1. The topological polar surface area (TPSA) is 12.0 Å². The highest BCUT2D eigenvalue weighted by molar-refractivity contribution is 9.10. The predicted molar refractivity (Wildman–Crippen MR) is 59.1 cm³/mol. The zero-order valence-electron chi connectivity index (χ0n) is 8.14. The Morgan fingerprint density at radius 2 is 2.07 bits per heavy atom. The van der Waals surface area contributed by atoms with Gasteiger partial charge in [-0.3, -0.25) is 0 Å². The Labute approximate surface area is 96.0 Å². The summed E-state index contributed by atoms with van der Waals surface area (Å²) in [5.41, 5.74) is 1.06. The molecule has 82 valence electrons. The molecule has 0 saturated carbocycles. The van der Waals surface area contributed by atoms with Crippen molar-refractivity contribution < 1.29 is 8.78 Å². The molecule has 0 aromatic heterocycles. The van der Waals surface area contributed by atoms with Gasteiger partial charge >= 0.3 is 0 Å². The van der Waals surface area contributed by atoms with E-state index in [-0.39, 0.29) is 19.0 Å². The molecule has 0 spiro atoms. The number of rotatable bonds is 1. The van der Waals surface area contributed by atoms with Crippen LogP contribution >= 0.6 is 15.9 Å². The fraction of sp³-hybridized carbons (Fsp3) is 0.455. The van der Waals surface area contributed by atoms with Crippen molar-refractivity contribution in [1.82, 2.24) is 5.32 Å². The Kier molecular flexibility index (Phi) is 3.07. The second-order valence-corrected chi connectivity index (χ2v) is 4.70. The highest BCUT2D eigenvalue weighted by atomic mass is 79.9. The summed E-state index contributed by atoms with van der Waals surface area (Å²) in [6.07, 6.45) is 0.446. The molecule has 0 radical (unpaired) electrons. The maximum atomic E-state index is 12.9. The first-order valence-corrected chi connectivity index (χ1v) is 5.73. The van der Waals surface area contributed by atoms with Gasteiger partial charge < -0.3 is 5.32 Å². The van der Waals surface area contributed by atoms with Crippen LogP contribution in [0, 0.1) is 0 Å². The first-order chi connectivity index (χ1) is 7.08. The third kappa shape index (κ3) is 2.55. The smallest absolute Gasteiger partial charge is 0.260 e. The third-order valence-electron chi connectivity index (χ3n) is 2.69. The summed E-state index contributed by atoms with van der Waals surface area (Å²) in [6.45, 7) is -0.223. The van der Waals surface area contributed by atoms with Gasteiger partial charge in [0.1, 0.15) is 0 Å². The monoisotopic (exact) mass is 275 g/mol. The van der Waals surface area contributed by atoms with E-state index in [1.807, 2.05) is 24.3 Å². The molecule has 1 fully saturated rings.